The smallest absolute Gasteiger partial charge is 0.178 e. The summed E-state index contributed by atoms with van der Waals surface area (Å²) < 4.78 is 2.75. The molecule has 0 radical (unpaired) electrons. The quantitative estimate of drug-likeness (QED) is 0.750. The van der Waals surface area contributed by atoms with Crippen molar-refractivity contribution in [3.63, 3.8) is 0 Å². The second-order valence-electron chi connectivity index (χ2n) is 4.31. The minimum absolute atomic E-state index is 0.613. The number of aromatic amines is 1. The first-order chi connectivity index (χ1) is 9.10. The molecular formula is C13H10BrN5. The Morgan fingerprint density at radius 1 is 1.42 bits per heavy atom. The van der Waals surface area contributed by atoms with Crippen LogP contribution in [0.3, 0.4) is 0 Å². The van der Waals surface area contributed by atoms with Gasteiger partial charge < -0.3 is 9.55 Å². The van der Waals surface area contributed by atoms with E-state index < -0.39 is 0 Å². The summed E-state index contributed by atoms with van der Waals surface area (Å²) in [5.74, 6) is 0.732. The first kappa shape index (κ1) is 11.9. The second-order valence-corrected chi connectivity index (χ2v) is 5.23. The zero-order valence-electron chi connectivity index (χ0n) is 10.4. The Bertz CT molecular complexity index is 822. The molecule has 0 aliphatic heterocycles. The summed E-state index contributed by atoms with van der Waals surface area (Å²) in [6.45, 7) is 1.96. The van der Waals surface area contributed by atoms with E-state index in [1.54, 1.807) is 6.20 Å². The Kier molecular flexibility index (Phi) is 2.64. The van der Waals surface area contributed by atoms with E-state index >= 15 is 0 Å². The largest absolute Gasteiger partial charge is 0.339 e. The highest BCUT2D eigenvalue weighted by molar-refractivity contribution is 9.10. The number of halogens is 1. The standard InChI is InChI=1S/C13H10BrN5/c1-7-10(4-9(5-15)19(7)2)12-17-11-3-8(14)6-16-13(11)18-12/h3-4,6H,1-2H3,(H,16,17,18). The lowest BCUT2D eigenvalue weighted by molar-refractivity contribution is 0.866. The van der Waals surface area contributed by atoms with Crippen LogP contribution < -0.4 is 0 Å². The van der Waals surface area contributed by atoms with Crippen molar-refractivity contribution in [1.29, 1.82) is 5.26 Å². The van der Waals surface area contributed by atoms with Gasteiger partial charge >= 0.3 is 0 Å². The third kappa shape index (κ3) is 1.83. The fourth-order valence-electron chi connectivity index (χ4n) is 2.05. The number of rotatable bonds is 1. The van der Waals surface area contributed by atoms with E-state index in [0.29, 0.717) is 11.3 Å². The zero-order chi connectivity index (χ0) is 13.6. The predicted octanol–water partition coefficient (Wildman–Crippen LogP) is 2.91. The lowest BCUT2D eigenvalue weighted by Crippen LogP contribution is -1.94. The van der Waals surface area contributed by atoms with E-state index in [4.69, 9.17) is 5.26 Å². The normalized spacial score (nSPS) is 10.8. The summed E-state index contributed by atoms with van der Waals surface area (Å²) >= 11 is 3.38. The van der Waals surface area contributed by atoms with Crippen molar-refractivity contribution < 1.29 is 0 Å². The molecule has 0 fully saturated rings. The molecule has 0 saturated carbocycles. The van der Waals surface area contributed by atoms with Crippen LogP contribution in [0.25, 0.3) is 22.6 Å². The van der Waals surface area contributed by atoms with Crippen LogP contribution >= 0.6 is 15.9 Å². The summed E-state index contributed by atoms with van der Waals surface area (Å²) in [7, 11) is 1.87. The molecule has 3 aromatic heterocycles. The Morgan fingerprint density at radius 3 is 2.89 bits per heavy atom. The SMILES string of the molecule is Cc1c(-c2nc3ncc(Br)cc3[nH]2)cc(C#N)n1C. The summed E-state index contributed by atoms with van der Waals surface area (Å²) in [5, 5.41) is 9.06. The van der Waals surface area contributed by atoms with Crippen LogP contribution in [0.4, 0.5) is 0 Å². The molecule has 0 aliphatic carbocycles. The number of nitrogens with one attached hydrogen (secondary N) is 1. The average molecular weight is 316 g/mol. The molecule has 3 heterocycles. The van der Waals surface area contributed by atoms with Crippen molar-refractivity contribution in [2.75, 3.05) is 0 Å². The van der Waals surface area contributed by atoms with Crippen LogP contribution in [0.5, 0.6) is 0 Å². The number of nitriles is 1. The Morgan fingerprint density at radius 2 is 2.21 bits per heavy atom. The number of fused-ring (bicyclic) bond motifs is 1. The van der Waals surface area contributed by atoms with E-state index in [1.807, 2.05) is 30.7 Å². The molecule has 0 saturated heterocycles. The second kappa shape index (κ2) is 4.21. The van der Waals surface area contributed by atoms with Crippen molar-refractivity contribution in [3.8, 4) is 17.5 Å². The summed E-state index contributed by atoms with van der Waals surface area (Å²) in [6.07, 6.45) is 1.71. The number of hydrogen-bond acceptors (Lipinski definition) is 3. The molecule has 0 aromatic carbocycles. The fourth-order valence-corrected chi connectivity index (χ4v) is 2.38. The number of aromatic nitrogens is 4. The molecule has 3 rings (SSSR count). The van der Waals surface area contributed by atoms with E-state index in [1.165, 1.54) is 0 Å². The van der Waals surface area contributed by atoms with E-state index in [2.05, 4.69) is 37.0 Å². The average Bonchev–Trinajstić information content (AvgIpc) is 2.92. The predicted molar refractivity (Wildman–Crippen MR) is 75.4 cm³/mol. The Labute approximate surface area is 118 Å². The van der Waals surface area contributed by atoms with Gasteiger partial charge in [0.05, 0.1) is 5.52 Å². The van der Waals surface area contributed by atoms with Gasteiger partial charge in [-0.2, -0.15) is 5.26 Å². The van der Waals surface area contributed by atoms with Crippen LogP contribution in [0, 0.1) is 18.3 Å². The maximum Gasteiger partial charge on any atom is 0.178 e. The van der Waals surface area contributed by atoms with Crippen LogP contribution in [-0.2, 0) is 7.05 Å². The van der Waals surface area contributed by atoms with Gasteiger partial charge in [-0.3, -0.25) is 0 Å². The highest BCUT2D eigenvalue weighted by atomic mass is 79.9. The van der Waals surface area contributed by atoms with E-state index in [-0.39, 0.29) is 0 Å². The monoisotopic (exact) mass is 315 g/mol. The molecule has 0 spiro atoms. The van der Waals surface area contributed by atoms with Crippen LogP contribution in [0.15, 0.2) is 22.8 Å². The van der Waals surface area contributed by atoms with Gasteiger partial charge in [-0.05, 0) is 35.0 Å². The van der Waals surface area contributed by atoms with Crippen molar-refractivity contribution in [2.24, 2.45) is 7.05 Å². The van der Waals surface area contributed by atoms with E-state index in [0.717, 1.165) is 27.1 Å². The highest BCUT2D eigenvalue weighted by Gasteiger charge is 2.14. The minimum Gasteiger partial charge on any atom is -0.339 e. The van der Waals surface area contributed by atoms with Crippen molar-refractivity contribution >= 4 is 27.1 Å². The molecule has 0 bridgehead atoms. The fraction of sp³-hybridized carbons (Fsp3) is 0.154. The molecule has 0 unspecified atom stereocenters. The van der Waals surface area contributed by atoms with Gasteiger partial charge in [-0.1, -0.05) is 0 Å². The van der Waals surface area contributed by atoms with Gasteiger partial charge in [0, 0.05) is 29.0 Å². The lowest BCUT2D eigenvalue weighted by Gasteiger charge is -1.98. The number of hydrogen-bond donors (Lipinski definition) is 1. The van der Waals surface area contributed by atoms with Gasteiger partial charge in [0.1, 0.15) is 17.6 Å². The van der Waals surface area contributed by atoms with Gasteiger partial charge in [-0.25, -0.2) is 9.97 Å². The Balaban J connectivity index is 2.22. The first-order valence-electron chi connectivity index (χ1n) is 5.68. The molecule has 0 amide bonds. The maximum absolute atomic E-state index is 9.06. The third-order valence-corrected chi connectivity index (χ3v) is 3.64. The minimum atomic E-state index is 0.613. The van der Waals surface area contributed by atoms with Gasteiger partial charge in [0.25, 0.3) is 0 Å². The summed E-state index contributed by atoms with van der Waals surface area (Å²) in [6, 6.07) is 5.94. The Hall–Kier alpha value is -2.13. The molecule has 0 aliphatic rings. The molecule has 94 valence electrons. The molecule has 1 N–H and O–H groups in total. The van der Waals surface area contributed by atoms with E-state index in [9.17, 15) is 0 Å². The summed E-state index contributed by atoms with van der Waals surface area (Å²) in [4.78, 5) is 11.9. The summed E-state index contributed by atoms with van der Waals surface area (Å²) in [5.41, 5.74) is 4.07. The maximum atomic E-state index is 9.06. The van der Waals surface area contributed by atoms with Crippen LogP contribution in [-0.4, -0.2) is 19.5 Å². The molecule has 3 aromatic rings. The topological polar surface area (TPSA) is 70.3 Å². The van der Waals surface area contributed by atoms with Crippen molar-refractivity contribution in [2.45, 2.75) is 6.92 Å². The van der Waals surface area contributed by atoms with Gasteiger partial charge in [0.15, 0.2) is 5.65 Å². The van der Waals surface area contributed by atoms with Gasteiger partial charge in [0.2, 0.25) is 0 Å². The molecule has 0 atom stereocenters. The highest BCUT2D eigenvalue weighted by Crippen LogP contribution is 2.26. The number of imidazole rings is 1. The van der Waals surface area contributed by atoms with Crippen LogP contribution in [0.1, 0.15) is 11.4 Å². The number of nitrogens with zero attached hydrogens (tertiary/aromatic N) is 4. The zero-order valence-corrected chi connectivity index (χ0v) is 12.0. The van der Waals surface area contributed by atoms with Gasteiger partial charge in [-0.15, -0.1) is 0 Å². The van der Waals surface area contributed by atoms with Crippen LogP contribution in [0.2, 0.25) is 0 Å². The molecule has 19 heavy (non-hydrogen) atoms. The van der Waals surface area contributed by atoms with Crippen molar-refractivity contribution in [1.82, 2.24) is 19.5 Å². The molecular weight excluding hydrogens is 306 g/mol. The number of H-pyrrole nitrogens is 1. The number of pyridine rings is 1. The lowest BCUT2D eigenvalue weighted by atomic mass is 10.2. The molecule has 5 nitrogen and oxygen atoms in total. The van der Waals surface area contributed by atoms with Crippen molar-refractivity contribution in [3.05, 3.63) is 34.2 Å². The third-order valence-electron chi connectivity index (χ3n) is 3.21. The molecule has 6 heteroatoms. The first-order valence-corrected chi connectivity index (χ1v) is 6.47.